The normalized spacial score (nSPS) is 14.5. The topological polar surface area (TPSA) is 49.5 Å². The summed E-state index contributed by atoms with van der Waals surface area (Å²) < 4.78 is 1.04. The van der Waals surface area contributed by atoms with Crippen molar-refractivity contribution in [1.29, 1.82) is 0 Å². The Balaban J connectivity index is 2.77. The van der Waals surface area contributed by atoms with Gasteiger partial charge >= 0.3 is 0 Å². The van der Waals surface area contributed by atoms with Crippen LogP contribution < -0.4 is 10.6 Å². The molecule has 0 heterocycles. The van der Waals surface area contributed by atoms with E-state index >= 15 is 0 Å². The van der Waals surface area contributed by atoms with Crippen LogP contribution in [-0.4, -0.2) is 24.8 Å². The van der Waals surface area contributed by atoms with Gasteiger partial charge in [-0.15, -0.1) is 0 Å². The van der Waals surface area contributed by atoms with E-state index in [2.05, 4.69) is 33.0 Å². The maximum atomic E-state index is 9.28. The summed E-state index contributed by atoms with van der Waals surface area (Å²) in [5, 5.41) is 9.28. The molecular weight excluding hydrogens is 280 g/mol. The number of nitrogens with two attached hydrogens (primary N) is 1. The summed E-state index contributed by atoms with van der Waals surface area (Å²) in [7, 11) is 2.02. The summed E-state index contributed by atoms with van der Waals surface area (Å²) in [6, 6.07) is 6.20. The second kappa shape index (κ2) is 6.38. The zero-order valence-corrected chi connectivity index (χ0v) is 12.2. The molecule has 0 spiro atoms. The number of benzene rings is 1. The predicted octanol–water partition coefficient (Wildman–Crippen LogP) is 2.68. The van der Waals surface area contributed by atoms with Crippen LogP contribution >= 0.6 is 15.9 Å². The number of aliphatic hydroxyl groups is 1. The highest BCUT2D eigenvalue weighted by atomic mass is 79.9. The molecule has 3 N–H and O–H groups in total. The summed E-state index contributed by atoms with van der Waals surface area (Å²) in [5.74, 6) is 0. The van der Waals surface area contributed by atoms with Crippen molar-refractivity contribution in [2.24, 2.45) is 5.73 Å². The molecule has 17 heavy (non-hydrogen) atoms. The predicted molar refractivity (Wildman–Crippen MR) is 76.3 cm³/mol. The molecule has 0 aliphatic carbocycles. The molecule has 1 aromatic rings. The highest BCUT2D eigenvalue weighted by molar-refractivity contribution is 9.10. The first-order valence-corrected chi connectivity index (χ1v) is 6.65. The van der Waals surface area contributed by atoms with Crippen molar-refractivity contribution < 1.29 is 5.11 Å². The van der Waals surface area contributed by atoms with E-state index in [1.165, 1.54) is 0 Å². The molecule has 4 heteroatoms. The van der Waals surface area contributed by atoms with E-state index in [9.17, 15) is 5.11 Å². The standard InChI is InChI=1S/C13H21BrN2O/c1-9(17)6-7-16(3)13-5-4-11(10(2)15)8-12(13)14/h4-5,8-10,17H,6-7,15H2,1-3H3. The molecule has 96 valence electrons. The van der Waals surface area contributed by atoms with E-state index in [0.717, 1.165) is 28.7 Å². The molecule has 0 aromatic heterocycles. The summed E-state index contributed by atoms with van der Waals surface area (Å²) in [5.41, 5.74) is 8.08. The van der Waals surface area contributed by atoms with Gasteiger partial charge in [-0.05, 0) is 53.9 Å². The van der Waals surface area contributed by atoms with E-state index in [4.69, 9.17) is 5.73 Å². The molecule has 0 amide bonds. The lowest BCUT2D eigenvalue weighted by molar-refractivity contribution is 0.187. The van der Waals surface area contributed by atoms with Gasteiger partial charge < -0.3 is 15.7 Å². The third-order valence-corrected chi connectivity index (χ3v) is 3.43. The van der Waals surface area contributed by atoms with Crippen LogP contribution in [0.1, 0.15) is 31.9 Å². The van der Waals surface area contributed by atoms with Crippen LogP contribution in [0.15, 0.2) is 22.7 Å². The van der Waals surface area contributed by atoms with Crippen molar-refractivity contribution in [3.05, 3.63) is 28.2 Å². The minimum Gasteiger partial charge on any atom is -0.393 e. The maximum absolute atomic E-state index is 9.28. The molecule has 1 rings (SSSR count). The maximum Gasteiger partial charge on any atom is 0.0528 e. The Hall–Kier alpha value is -0.580. The lowest BCUT2D eigenvalue weighted by Crippen LogP contribution is -2.22. The number of hydrogen-bond donors (Lipinski definition) is 2. The van der Waals surface area contributed by atoms with Gasteiger partial charge in [0, 0.05) is 24.1 Å². The minimum atomic E-state index is -0.264. The van der Waals surface area contributed by atoms with Gasteiger partial charge in [0.15, 0.2) is 0 Å². The molecule has 0 saturated carbocycles. The number of anilines is 1. The van der Waals surface area contributed by atoms with E-state index in [-0.39, 0.29) is 12.1 Å². The van der Waals surface area contributed by atoms with Gasteiger partial charge in [-0.1, -0.05) is 6.07 Å². The number of aliphatic hydroxyl groups excluding tert-OH is 1. The molecule has 2 atom stereocenters. The number of halogens is 1. The average Bonchev–Trinajstić information content (AvgIpc) is 2.25. The monoisotopic (exact) mass is 300 g/mol. The van der Waals surface area contributed by atoms with Gasteiger partial charge in [0.2, 0.25) is 0 Å². The molecule has 1 aromatic carbocycles. The molecule has 2 unspecified atom stereocenters. The summed E-state index contributed by atoms with van der Waals surface area (Å²) in [4.78, 5) is 2.13. The average molecular weight is 301 g/mol. The third-order valence-electron chi connectivity index (χ3n) is 2.79. The first-order valence-electron chi connectivity index (χ1n) is 5.86. The molecule has 0 bridgehead atoms. The van der Waals surface area contributed by atoms with E-state index < -0.39 is 0 Å². The highest BCUT2D eigenvalue weighted by Crippen LogP contribution is 2.28. The lowest BCUT2D eigenvalue weighted by atomic mass is 10.1. The van der Waals surface area contributed by atoms with E-state index in [1.807, 2.05) is 27.0 Å². The largest absolute Gasteiger partial charge is 0.393 e. The highest BCUT2D eigenvalue weighted by Gasteiger charge is 2.09. The van der Waals surface area contributed by atoms with Crippen LogP contribution in [0.2, 0.25) is 0 Å². The van der Waals surface area contributed by atoms with Gasteiger partial charge in [-0.25, -0.2) is 0 Å². The number of nitrogens with zero attached hydrogens (tertiary/aromatic N) is 1. The molecule has 0 aliphatic heterocycles. The summed E-state index contributed by atoms with van der Waals surface area (Å²) >= 11 is 3.56. The Kier molecular flexibility index (Phi) is 5.43. The summed E-state index contributed by atoms with van der Waals surface area (Å²) in [6.45, 7) is 4.61. The summed E-state index contributed by atoms with van der Waals surface area (Å²) in [6.07, 6.45) is 0.498. The number of rotatable bonds is 5. The second-order valence-corrected chi connectivity index (χ2v) is 5.41. The molecule has 0 saturated heterocycles. The Bertz CT molecular complexity index is 366. The van der Waals surface area contributed by atoms with Crippen molar-refractivity contribution in [1.82, 2.24) is 0 Å². The lowest BCUT2D eigenvalue weighted by Gasteiger charge is -2.22. The fourth-order valence-corrected chi connectivity index (χ4v) is 2.32. The minimum absolute atomic E-state index is 0.0446. The van der Waals surface area contributed by atoms with Crippen LogP contribution in [0, 0.1) is 0 Å². The Morgan fingerprint density at radius 3 is 2.53 bits per heavy atom. The van der Waals surface area contributed by atoms with Crippen molar-refractivity contribution in [3.63, 3.8) is 0 Å². The first-order chi connectivity index (χ1) is 7.91. The Labute approximate surface area is 112 Å². The Morgan fingerprint density at radius 1 is 1.41 bits per heavy atom. The SMILES string of the molecule is CC(O)CCN(C)c1ccc(C(C)N)cc1Br. The molecule has 0 aliphatic rings. The molecule has 0 fully saturated rings. The molecule has 3 nitrogen and oxygen atoms in total. The van der Waals surface area contributed by atoms with E-state index in [1.54, 1.807) is 0 Å². The van der Waals surface area contributed by atoms with Crippen molar-refractivity contribution >= 4 is 21.6 Å². The van der Waals surface area contributed by atoms with Gasteiger partial charge in [0.25, 0.3) is 0 Å². The van der Waals surface area contributed by atoms with Gasteiger partial charge in [0.05, 0.1) is 11.8 Å². The van der Waals surface area contributed by atoms with Crippen LogP contribution in [0.4, 0.5) is 5.69 Å². The zero-order chi connectivity index (χ0) is 13.0. The fourth-order valence-electron chi connectivity index (χ4n) is 1.62. The van der Waals surface area contributed by atoms with Crippen molar-refractivity contribution in [3.8, 4) is 0 Å². The van der Waals surface area contributed by atoms with Crippen LogP contribution in [0.5, 0.6) is 0 Å². The van der Waals surface area contributed by atoms with Crippen LogP contribution in [0.25, 0.3) is 0 Å². The zero-order valence-electron chi connectivity index (χ0n) is 10.7. The van der Waals surface area contributed by atoms with Gasteiger partial charge in [-0.2, -0.15) is 0 Å². The third kappa shape index (κ3) is 4.30. The molecular formula is C13H21BrN2O. The van der Waals surface area contributed by atoms with Crippen LogP contribution in [-0.2, 0) is 0 Å². The molecule has 0 radical (unpaired) electrons. The van der Waals surface area contributed by atoms with Gasteiger partial charge in [-0.3, -0.25) is 0 Å². The fraction of sp³-hybridized carbons (Fsp3) is 0.538. The number of hydrogen-bond acceptors (Lipinski definition) is 3. The quantitative estimate of drug-likeness (QED) is 0.879. The van der Waals surface area contributed by atoms with Crippen molar-refractivity contribution in [2.75, 3.05) is 18.5 Å². The first kappa shape index (κ1) is 14.5. The Morgan fingerprint density at radius 2 is 2.06 bits per heavy atom. The van der Waals surface area contributed by atoms with Gasteiger partial charge in [0.1, 0.15) is 0 Å². The smallest absolute Gasteiger partial charge is 0.0528 e. The second-order valence-electron chi connectivity index (χ2n) is 4.56. The van der Waals surface area contributed by atoms with E-state index in [0.29, 0.717) is 0 Å². The van der Waals surface area contributed by atoms with Crippen LogP contribution in [0.3, 0.4) is 0 Å². The van der Waals surface area contributed by atoms with Crippen molar-refractivity contribution in [2.45, 2.75) is 32.4 Å².